The van der Waals surface area contributed by atoms with Gasteiger partial charge in [-0.1, -0.05) is 29.8 Å². The zero-order valence-electron chi connectivity index (χ0n) is 12.2. The fourth-order valence-corrected chi connectivity index (χ4v) is 3.01. The molecule has 23 heavy (non-hydrogen) atoms. The molecule has 1 N–H and O–H groups in total. The number of aryl methyl sites for hydroxylation is 1. The van der Waals surface area contributed by atoms with Crippen molar-refractivity contribution in [3.63, 3.8) is 0 Å². The van der Waals surface area contributed by atoms with E-state index in [1.54, 1.807) is 31.2 Å². The lowest BCUT2D eigenvalue weighted by Gasteiger charge is -2.14. The van der Waals surface area contributed by atoms with Gasteiger partial charge in [-0.05, 0) is 43.3 Å². The van der Waals surface area contributed by atoms with Gasteiger partial charge in [-0.15, -0.1) is 0 Å². The topological polar surface area (TPSA) is 33.1 Å². The third-order valence-electron chi connectivity index (χ3n) is 3.62. The van der Waals surface area contributed by atoms with E-state index in [0.29, 0.717) is 38.3 Å². The highest BCUT2D eigenvalue weighted by Gasteiger charge is 2.16. The van der Waals surface area contributed by atoms with Crippen molar-refractivity contribution in [2.75, 3.05) is 0 Å². The van der Waals surface area contributed by atoms with Gasteiger partial charge in [0.05, 0.1) is 21.3 Å². The SMILES string of the molecule is C=C(O)c1ccc2nc(C)c(Cl)c(-c3ccc(F)cc3Cl)c2c1. The maximum atomic E-state index is 13.4. The molecular formula is C18H12Cl2FNO. The standard InChI is InChI=1S/C18H12Cl2FNO/c1-9-18(20)17(13-5-4-12(21)8-15(13)19)14-7-11(10(2)23)3-6-16(14)22-9/h3-8,23H,2H2,1H3. The van der Waals surface area contributed by atoms with Gasteiger partial charge >= 0.3 is 0 Å². The van der Waals surface area contributed by atoms with Crippen molar-refractivity contribution >= 4 is 39.9 Å². The number of aliphatic hydroxyl groups is 1. The lowest BCUT2D eigenvalue weighted by atomic mass is 9.98. The fourth-order valence-electron chi connectivity index (χ4n) is 2.50. The number of aromatic nitrogens is 1. The Kier molecular flexibility index (Phi) is 4.00. The van der Waals surface area contributed by atoms with Crippen LogP contribution in [0.1, 0.15) is 11.3 Å². The molecule has 1 aromatic heterocycles. The molecular weight excluding hydrogens is 336 g/mol. The first kappa shape index (κ1) is 15.8. The van der Waals surface area contributed by atoms with Crippen LogP contribution < -0.4 is 0 Å². The normalized spacial score (nSPS) is 11.0. The second-order valence-corrected chi connectivity index (χ2v) is 5.97. The van der Waals surface area contributed by atoms with Crippen LogP contribution in [0.25, 0.3) is 27.8 Å². The Morgan fingerprint density at radius 1 is 1.17 bits per heavy atom. The van der Waals surface area contributed by atoms with E-state index in [2.05, 4.69) is 11.6 Å². The smallest absolute Gasteiger partial charge is 0.124 e. The van der Waals surface area contributed by atoms with Gasteiger partial charge in [-0.2, -0.15) is 0 Å². The van der Waals surface area contributed by atoms with Crippen molar-refractivity contribution < 1.29 is 9.50 Å². The van der Waals surface area contributed by atoms with Crippen LogP contribution in [-0.4, -0.2) is 10.1 Å². The quantitative estimate of drug-likeness (QED) is 0.561. The maximum absolute atomic E-state index is 13.4. The number of aliphatic hydroxyl groups excluding tert-OH is 1. The van der Waals surface area contributed by atoms with E-state index in [9.17, 15) is 9.50 Å². The summed E-state index contributed by atoms with van der Waals surface area (Å²) in [5, 5.41) is 11.0. The molecule has 0 bridgehead atoms. The van der Waals surface area contributed by atoms with Crippen LogP contribution in [0.15, 0.2) is 43.0 Å². The van der Waals surface area contributed by atoms with Crippen molar-refractivity contribution in [3.8, 4) is 11.1 Å². The third-order valence-corrected chi connectivity index (χ3v) is 4.40. The molecule has 0 aliphatic rings. The van der Waals surface area contributed by atoms with Crippen LogP contribution in [0.2, 0.25) is 10.0 Å². The summed E-state index contributed by atoms with van der Waals surface area (Å²) >= 11 is 12.7. The molecule has 0 spiro atoms. The van der Waals surface area contributed by atoms with E-state index in [4.69, 9.17) is 23.2 Å². The Labute approximate surface area is 142 Å². The molecule has 2 nitrogen and oxygen atoms in total. The predicted molar refractivity (Wildman–Crippen MR) is 93.6 cm³/mol. The molecule has 1 heterocycles. The van der Waals surface area contributed by atoms with Gasteiger partial charge in [-0.25, -0.2) is 4.39 Å². The summed E-state index contributed by atoms with van der Waals surface area (Å²) in [5.41, 5.74) is 3.16. The molecule has 5 heteroatoms. The first-order chi connectivity index (χ1) is 10.9. The molecule has 0 amide bonds. The minimum atomic E-state index is -0.422. The molecule has 0 atom stereocenters. The molecule has 3 rings (SSSR count). The molecule has 2 aromatic carbocycles. The van der Waals surface area contributed by atoms with Crippen LogP contribution in [-0.2, 0) is 0 Å². The summed E-state index contributed by atoms with van der Waals surface area (Å²) < 4.78 is 13.4. The highest BCUT2D eigenvalue weighted by atomic mass is 35.5. The summed E-state index contributed by atoms with van der Waals surface area (Å²) in [7, 11) is 0. The fraction of sp³-hybridized carbons (Fsp3) is 0.0556. The molecule has 0 saturated carbocycles. The van der Waals surface area contributed by atoms with Crippen molar-refractivity contribution in [1.29, 1.82) is 0 Å². The number of pyridine rings is 1. The van der Waals surface area contributed by atoms with E-state index in [1.165, 1.54) is 12.1 Å². The monoisotopic (exact) mass is 347 g/mol. The predicted octanol–water partition coefficient (Wildman–Crippen LogP) is 6.18. The van der Waals surface area contributed by atoms with Gasteiger partial charge in [0.15, 0.2) is 0 Å². The minimum Gasteiger partial charge on any atom is -0.508 e. The molecule has 0 saturated heterocycles. The Balaban J connectivity index is 2.43. The highest BCUT2D eigenvalue weighted by Crippen LogP contribution is 2.40. The number of rotatable bonds is 2. The summed E-state index contributed by atoms with van der Waals surface area (Å²) in [5.74, 6) is -0.478. The second-order valence-electron chi connectivity index (χ2n) is 5.19. The van der Waals surface area contributed by atoms with Gasteiger partial charge in [0.1, 0.15) is 11.6 Å². The average Bonchev–Trinajstić information content (AvgIpc) is 2.49. The van der Waals surface area contributed by atoms with E-state index >= 15 is 0 Å². The Morgan fingerprint density at radius 3 is 2.57 bits per heavy atom. The summed E-state index contributed by atoms with van der Waals surface area (Å²) in [4.78, 5) is 4.45. The number of fused-ring (bicyclic) bond motifs is 1. The van der Waals surface area contributed by atoms with Crippen molar-refractivity contribution in [1.82, 2.24) is 4.98 Å². The van der Waals surface area contributed by atoms with E-state index in [-0.39, 0.29) is 10.8 Å². The Bertz CT molecular complexity index is 953. The van der Waals surface area contributed by atoms with Crippen molar-refractivity contribution in [2.24, 2.45) is 0 Å². The van der Waals surface area contributed by atoms with Crippen LogP contribution >= 0.6 is 23.2 Å². The zero-order valence-corrected chi connectivity index (χ0v) is 13.7. The van der Waals surface area contributed by atoms with E-state index in [1.807, 2.05) is 0 Å². The van der Waals surface area contributed by atoms with Crippen molar-refractivity contribution in [2.45, 2.75) is 6.92 Å². The number of benzene rings is 2. The van der Waals surface area contributed by atoms with Crippen LogP contribution in [0, 0.1) is 12.7 Å². The largest absolute Gasteiger partial charge is 0.508 e. The van der Waals surface area contributed by atoms with Gasteiger partial charge in [0.25, 0.3) is 0 Å². The maximum Gasteiger partial charge on any atom is 0.124 e. The molecule has 3 aromatic rings. The molecule has 0 aliphatic carbocycles. The van der Waals surface area contributed by atoms with Crippen molar-refractivity contribution in [3.05, 3.63) is 70.1 Å². The molecule has 0 unspecified atom stereocenters. The summed E-state index contributed by atoms with van der Waals surface area (Å²) in [6.45, 7) is 5.32. The summed E-state index contributed by atoms with van der Waals surface area (Å²) in [6, 6.07) is 9.39. The number of nitrogens with zero attached hydrogens (tertiary/aromatic N) is 1. The molecule has 116 valence electrons. The number of hydrogen-bond acceptors (Lipinski definition) is 2. The van der Waals surface area contributed by atoms with Gasteiger partial charge < -0.3 is 5.11 Å². The van der Waals surface area contributed by atoms with E-state index < -0.39 is 5.82 Å². The number of hydrogen-bond donors (Lipinski definition) is 1. The summed E-state index contributed by atoms with van der Waals surface area (Å²) in [6.07, 6.45) is 0. The average molecular weight is 348 g/mol. The third kappa shape index (κ3) is 2.78. The molecule has 0 aliphatic heterocycles. The van der Waals surface area contributed by atoms with Gasteiger partial charge in [0.2, 0.25) is 0 Å². The first-order valence-electron chi connectivity index (χ1n) is 6.82. The lowest BCUT2D eigenvalue weighted by molar-refractivity contribution is 0.514. The minimum absolute atomic E-state index is 0.0558. The van der Waals surface area contributed by atoms with Crippen LogP contribution in [0.4, 0.5) is 4.39 Å². The highest BCUT2D eigenvalue weighted by molar-refractivity contribution is 6.38. The first-order valence-corrected chi connectivity index (χ1v) is 7.57. The van der Waals surface area contributed by atoms with Gasteiger partial charge in [-0.3, -0.25) is 4.98 Å². The van der Waals surface area contributed by atoms with Gasteiger partial charge in [0, 0.05) is 22.1 Å². The van der Waals surface area contributed by atoms with E-state index in [0.717, 1.165) is 0 Å². The molecule has 0 radical (unpaired) electrons. The number of halogens is 3. The Morgan fingerprint density at radius 2 is 1.91 bits per heavy atom. The van der Waals surface area contributed by atoms with Crippen LogP contribution in [0.3, 0.4) is 0 Å². The zero-order chi connectivity index (χ0) is 16.7. The Hall–Kier alpha value is -2.10. The molecule has 0 fully saturated rings. The lowest BCUT2D eigenvalue weighted by Crippen LogP contribution is -1.94. The second kappa shape index (κ2) is 5.84. The van der Waals surface area contributed by atoms with Crippen LogP contribution in [0.5, 0.6) is 0 Å².